The maximum absolute atomic E-state index is 14.4. The molecule has 0 spiro atoms. The fourth-order valence-corrected chi connectivity index (χ4v) is 6.18. The van der Waals surface area contributed by atoms with E-state index in [9.17, 15) is 34.4 Å². The van der Waals surface area contributed by atoms with Crippen LogP contribution in [0.2, 0.25) is 0 Å². The minimum Gasteiger partial charge on any atom is -0.465 e. The Morgan fingerprint density at radius 2 is 1.65 bits per heavy atom. The molecule has 1 aliphatic heterocycles. The Kier molecular flexibility index (Phi) is 9.64. The van der Waals surface area contributed by atoms with Gasteiger partial charge in [-0.3, -0.25) is 29.4 Å². The third kappa shape index (κ3) is 7.01. The largest absolute Gasteiger partial charge is 0.465 e. The highest BCUT2D eigenvalue weighted by Crippen LogP contribution is 2.31. The van der Waals surface area contributed by atoms with E-state index in [2.05, 4.69) is 16.7 Å². The Bertz CT molecular complexity index is 1640. The number of likely N-dealkylation sites (N-methyl/N-ethyl adjacent to an activating group) is 1. The molecule has 12 nitrogen and oxygen atoms in total. The molecule has 5 rings (SSSR count). The highest BCUT2D eigenvalue weighted by atomic mass is 16.6. The number of carbonyl (C=O) groups is 4. The Balaban J connectivity index is 1.45. The molecule has 2 aliphatic rings. The lowest BCUT2D eigenvalue weighted by Crippen LogP contribution is -2.59. The number of nitro groups is 1. The van der Waals surface area contributed by atoms with E-state index in [4.69, 9.17) is 0 Å². The number of carboxylic acid groups (broad SMARTS) is 1. The van der Waals surface area contributed by atoms with Crippen LogP contribution < -0.4 is 10.6 Å². The second-order valence-electron chi connectivity index (χ2n) is 11.9. The van der Waals surface area contributed by atoms with Crippen LogP contribution in [0.3, 0.4) is 0 Å². The van der Waals surface area contributed by atoms with E-state index in [0.29, 0.717) is 5.56 Å². The molecule has 0 radical (unpaired) electrons. The first-order valence-electron chi connectivity index (χ1n) is 15.3. The molecule has 0 aromatic heterocycles. The quantitative estimate of drug-likeness (QED) is 0.240. The molecule has 3 aromatic rings. The van der Waals surface area contributed by atoms with Gasteiger partial charge in [0.1, 0.15) is 18.1 Å². The van der Waals surface area contributed by atoms with Crippen LogP contribution in [0.5, 0.6) is 0 Å². The smallest absolute Gasteiger partial charge is 0.407 e. The lowest BCUT2D eigenvalue weighted by Gasteiger charge is -2.39. The molecule has 3 aromatic carbocycles. The van der Waals surface area contributed by atoms with Crippen LogP contribution >= 0.6 is 0 Å². The Morgan fingerprint density at radius 1 is 1.00 bits per heavy atom. The molecular formula is C34H37N5O7. The van der Waals surface area contributed by atoms with E-state index in [1.807, 2.05) is 42.5 Å². The maximum Gasteiger partial charge on any atom is 0.407 e. The zero-order valence-corrected chi connectivity index (χ0v) is 25.7. The van der Waals surface area contributed by atoms with Crippen LogP contribution in [-0.2, 0) is 40.2 Å². The van der Waals surface area contributed by atoms with Crippen molar-refractivity contribution in [2.24, 2.45) is 0 Å². The van der Waals surface area contributed by atoms with E-state index in [1.54, 1.807) is 0 Å². The molecule has 4 amide bonds. The minimum absolute atomic E-state index is 0.0332. The van der Waals surface area contributed by atoms with Gasteiger partial charge in [-0.2, -0.15) is 0 Å². The number of amides is 4. The van der Waals surface area contributed by atoms with Crippen molar-refractivity contribution in [1.29, 1.82) is 0 Å². The summed E-state index contributed by atoms with van der Waals surface area (Å²) in [7, 11) is 1.26. The van der Waals surface area contributed by atoms with Crippen LogP contribution in [0.1, 0.15) is 53.6 Å². The van der Waals surface area contributed by atoms with Crippen molar-refractivity contribution in [1.82, 2.24) is 20.4 Å². The van der Waals surface area contributed by atoms with Gasteiger partial charge in [0.25, 0.3) is 5.69 Å². The van der Waals surface area contributed by atoms with E-state index in [-0.39, 0.29) is 37.0 Å². The number of nitrogens with zero attached hydrogens (tertiary/aromatic N) is 3. The lowest BCUT2D eigenvalue weighted by molar-refractivity contribution is -0.384. The van der Waals surface area contributed by atoms with E-state index in [0.717, 1.165) is 40.9 Å². The third-order valence-electron chi connectivity index (χ3n) is 8.98. The molecular weight excluding hydrogens is 590 g/mol. The average Bonchev–Trinajstić information content (AvgIpc) is 3.06. The summed E-state index contributed by atoms with van der Waals surface area (Å²) < 4.78 is 0. The first kappa shape index (κ1) is 32.1. The minimum atomic E-state index is -1.31. The van der Waals surface area contributed by atoms with Gasteiger partial charge in [-0.25, -0.2) is 4.79 Å². The number of aryl methyl sites for hydroxylation is 1. The number of carbonyl (C=O) groups excluding carboxylic acids is 3. The van der Waals surface area contributed by atoms with Crippen LogP contribution in [0, 0.1) is 10.1 Å². The molecule has 46 heavy (non-hydrogen) atoms. The number of nitrogens with one attached hydrogen (secondary N) is 2. The fraction of sp³-hybridized carbons (Fsp3) is 0.353. The van der Waals surface area contributed by atoms with Gasteiger partial charge < -0.3 is 20.6 Å². The van der Waals surface area contributed by atoms with Gasteiger partial charge in [-0.15, -0.1) is 0 Å². The summed E-state index contributed by atoms with van der Waals surface area (Å²) in [4.78, 5) is 66.3. The van der Waals surface area contributed by atoms with Gasteiger partial charge in [0.05, 0.1) is 11.0 Å². The number of fused-ring (bicyclic) bond motifs is 2. The van der Waals surface area contributed by atoms with Crippen LogP contribution in [0.4, 0.5) is 10.5 Å². The summed E-state index contributed by atoms with van der Waals surface area (Å²) >= 11 is 0. The van der Waals surface area contributed by atoms with Crippen molar-refractivity contribution in [3.05, 3.63) is 111 Å². The summed E-state index contributed by atoms with van der Waals surface area (Å²) in [5, 5.41) is 26.5. The molecule has 0 saturated carbocycles. The first-order chi connectivity index (χ1) is 22.0. The van der Waals surface area contributed by atoms with Gasteiger partial charge in [0, 0.05) is 38.6 Å². The predicted octanol–water partition coefficient (Wildman–Crippen LogP) is 3.77. The summed E-state index contributed by atoms with van der Waals surface area (Å²) in [6.45, 7) is 1.54. The molecule has 3 unspecified atom stereocenters. The van der Waals surface area contributed by atoms with Crippen molar-refractivity contribution in [2.75, 3.05) is 7.05 Å². The van der Waals surface area contributed by atoms with Gasteiger partial charge in [-0.1, -0.05) is 60.7 Å². The van der Waals surface area contributed by atoms with Gasteiger partial charge in [-0.05, 0) is 54.0 Å². The summed E-state index contributed by atoms with van der Waals surface area (Å²) in [5.41, 5.74) is 4.50. The fourth-order valence-electron chi connectivity index (χ4n) is 6.18. The Labute approximate surface area is 266 Å². The molecule has 4 atom stereocenters. The van der Waals surface area contributed by atoms with Crippen LogP contribution in [-0.4, -0.2) is 68.8 Å². The first-order valence-corrected chi connectivity index (χ1v) is 15.3. The predicted molar refractivity (Wildman–Crippen MR) is 169 cm³/mol. The molecule has 3 N–H and O–H groups in total. The number of rotatable bonds is 9. The molecule has 0 bridgehead atoms. The van der Waals surface area contributed by atoms with E-state index < -0.39 is 41.0 Å². The van der Waals surface area contributed by atoms with Gasteiger partial charge in [0.15, 0.2) is 0 Å². The summed E-state index contributed by atoms with van der Waals surface area (Å²) in [6, 6.07) is 17.9. The van der Waals surface area contributed by atoms with Crippen LogP contribution in [0.15, 0.2) is 72.8 Å². The number of hydrogen-bond acceptors (Lipinski definition) is 6. The topological polar surface area (TPSA) is 162 Å². The van der Waals surface area contributed by atoms with Gasteiger partial charge >= 0.3 is 6.09 Å². The zero-order chi connectivity index (χ0) is 33.0. The number of nitro benzene ring substituents is 1. The second-order valence-corrected chi connectivity index (χ2v) is 11.9. The number of benzene rings is 3. The normalized spacial score (nSPS) is 18.3. The van der Waals surface area contributed by atoms with Crippen molar-refractivity contribution in [3.63, 3.8) is 0 Å². The third-order valence-corrected chi connectivity index (χ3v) is 8.98. The molecule has 1 heterocycles. The molecule has 240 valence electrons. The molecule has 1 aliphatic carbocycles. The zero-order valence-electron chi connectivity index (χ0n) is 25.7. The van der Waals surface area contributed by atoms with Crippen molar-refractivity contribution in [2.45, 2.75) is 69.7 Å². The number of hydrogen-bond donors (Lipinski definition) is 3. The lowest BCUT2D eigenvalue weighted by atomic mass is 9.87. The standard InChI is InChI=1S/C34H37N5O7/c1-21(37(2)34(43)44)31(40)36-29(18-22-14-16-26(17-15-22)39(45)46)33(42)38-20-25-10-4-3-9-24(25)19-30(38)32(41)35-28-13-7-11-23-8-5-6-12-27(23)28/h3-6,8-10,12,14-17,21,28-30H,7,11,13,18-20H2,1-2H3,(H,35,41)(H,36,40)(H,43,44)/t21?,28-,29?,30?/m1/s1. The second kappa shape index (κ2) is 13.8. The highest BCUT2D eigenvalue weighted by Gasteiger charge is 2.39. The van der Waals surface area contributed by atoms with Crippen LogP contribution in [0.25, 0.3) is 0 Å². The van der Waals surface area contributed by atoms with Crippen molar-refractivity contribution in [3.8, 4) is 0 Å². The van der Waals surface area contributed by atoms with E-state index in [1.165, 1.54) is 48.7 Å². The number of non-ortho nitro benzene ring substituents is 1. The van der Waals surface area contributed by atoms with Crippen molar-refractivity contribution >= 4 is 29.5 Å². The van der Waals surface area contributed by atoms with E-state index >= 15 is 0 Å². The average molecular weight is 628 g/mol. The SMILES string of the molecule is CC(C(=O)NC(Cc1ccc([N+](=O)[O-])cc1)C(=O)N1Cc2ccccc2CC1C(=O)N[C@@H]1CCCc2ccccc21)N(C)C(=O)O. The Hall–Kier alpha value is -5.26. The van der Waals surface area contributed by atoms with Gasteiger partial charge in [0.2, 0.25) is 17.7 Å². The van der Waals surface area contributed by atoms with Crippen molar-refractivity contribution < 1.29 is 29.2 Å². The highest BCUT2D eigenvalue weighted by molar-refractivity contribution is 5.94. The molecule has 0 saturated heterocycles. The molecule has 12 heteroatoms. The Morgan fingerprint density at radius 3 is 2.33 bits per heavy atom. The molecule has 0 fully saturated rings. The summed E-state index contributed by atoms with van der Waals surface area (Å²) in [6.07, 6.45) is 1.56. The summed E-state index contributed by atoms with van der Waals surface area (Å²) in [5.74, 6) is -1.51. The monoisotopic (exact) mass is 627 g/mol. The maximum atomic E-state index is 14.4.